The van der Waals surface area contributed by atoms with Gasteiger partial charge in [0.2, 0.25) is 0 Å². The predicted molar refractivity (Wildman–Crippen MR) is 132 cm³/mol. The Balaban J connectivity index is 1.55. The molecule has 0 spiro atoms. The van der Waals surface area contributed by atoms with Crippen molar-refractivity contribution in [1.82, 2.24) is 5.32 Å². The summed E-state index contributed by atoms with van der Waals surface area (Å²) in [5.41, 5.74) is 2.53. The van der Waals surface area contributed by atoms with Crippen LogP contribution < -0.4 is 10.2 Å². The Labute approximate surface area is 199 Å². The highest BCUT2D eigenvalue weighted by atomic mass is 16.5. The third-order valence-corrected chi connectivity index (χ3v) is 6.14. The van der Waals surface area contributed by atoms with Crippen molar-refractivity contribution in [2.75, 3.05) is 37.7 Å². The fourth-order valence-electron chi connectivity index (χ4n) is 3.97. The van der Waals surface area contributed by atoms with E-state index >= 15 is 0 Å². The van der Waals surface area contributed by atoms with Gasteiger partial charge in [0.25, 0.3) is 5.91 Å². The summed E-state index contributed by atoms with van der Waals surface area (Å²) in [4.78, 5) is 14.7. The minimum atomic E-state index is -0.641. The molecule has 0 radical (unpaired) electrons. The number of amides is 1. The molecule has 176 valence electrons. The number of fused-ring (bicyclic) bond motifs is 1. The smallest absolute Gasteiger partial charge is 0.262 e. The lowest BCUT2D eigenvalue weighted by atomic mass is 10.0. The predicted octanol–water partition coefficient (Wildman–Crippen LogP) is 4.12. The minimum absolute atomic E-state index is 0.0293. The Morgan fingerprint density at radius 2 is 1.88 bits per heavy atom. The number of nitrogens with zero attached hydrogens (tertiary/aromatic N) is 2. The summed E-state index contributed by atoms with van der Waals surface area (Å²) in [7, 11) is 0. The highest BCUT2D eigenvalue weighted by Gasteiger charge is 2.18. The van der Waals surface area contributed by atoms with E-state index in [0.29, 0.717) is 23.5 Å². The number of aliphatic hydroxyl groups excluding tert-OH is 1. The first-order valence-corrected chi connectivity index (χ1v) is 11.5. The molecule has 2 heterocycles. The van der Waals surface area contributed by atoms with Gasteiger partial charge >= 0.3 is 0 Å². The number of morpholine rings is 1. The lowest BCUT2D eigenvalue weighted by Gasteiger charge is -2.29. The van der Waals surface area contributed by atoms with Gasteiger partial charge in [-0.25, -0.2) is 0 Å². The number of aliphatic hydroxyl groups is 1. The average Bonchev–Trinajstić information content (AvgIpc) is 3.38. The Morgan fingerprint density at radius 3 is 2.62 bits per heavy atom. The summed E-state index contributed by atoms with van der Waals surface area (Å²) < 4.78 is 11.5. The third-order valence-electron chi connectivity index (χ3n) is 6.14. The van der Waals surface area contributed by atoms with Crippen LogP contribution in [0.1, 0.15) is 26.0 Å². The maximum atomic E-state index is 12.4. The van der Waals surface area contributed by atoms with Crippen molar-refractivity contribution in [2.24, 2.45) is 0 Å². The van der Waals surface area contributed by atoms with Crippen LogP contribution in [0.5, 0.6) is 0 Å². The molecule has 2 N–H and O–H groups in total. The number of rotatable bonds is 7. The summed E-state index contributed by atoms with van der Waals surface area (Å²) in [5.74, 6) is 0.598. The molecule has 1 unspecified atom stereocenters. The van der Waals surface area contributed by atoms with Crippen molar-refractivity contribution in [3.63, 3.8) is 0 Å². The van der Waals surface area contributed by atoms with E-state index in [9.17, 15) is 15.2 Å². The molecule has 1 atom stereocenters. The van der Waals surface area contributed by atoms with Crippen LogP contribution in [-0.2, 0) is 9.53 Å². The molecule has 1 aliphatic heterocycles. The highest BCUT2D eigenvalue weighted by molar-refractivity contribution is 6.04. The summed E-state index contributed by atoms with van der Waals surface area (Å²) in [6.45, 7) is 6.90. The Morgan fingerprint density at radius 1 is 1.15 bits per heavy atom. The molecular weight excluding hydrogens is 430 g/mol. The van der Waals surface area contributed by atoms with Crippen LogP contribution in [0.2, 0.25) is 0 Å². The van der Waals surface area contributed by atoms with Gasteiger partial charge in [0.15, 0.2) is 0 Å². The average molecular weight is 460 g/mol. The van der Waals surface area contributed by atoms with Crippen LogP contribution in [0, 0.1) is 11.3 Å². The number of hydrogen-bond acceptors (Lipinski definition) is 6. The first-order chi connectivity index (χ1) is 16.5. The lowest BCUT2D eigenvalue weighted by Crippen LogP contribution is -2.36. The summed E-state index contributed by atoms with van der Waals surface area (Å²) in [6, 6.07) is 18.2. The van der Waals surface area contributed by atoms with E-state index in [0.717, 1.165) is 42.6 Å². The molecule has 34 heavy (non-hydrogen) atoms. The zero-order chi connectivity index (χ0) is 24.1. The fourth-order valence-corrected chi connectivity index (χ4v) is 3.97. The first-order valence-electron chi connectivity index (χ1n) is 11.5. The monoisotopic (exact) mass is 459 g/mol. The molecule has 1 aliphatic rings. The van der Waals surface area contributed by atoms with Crippen molar-refractivity contribution >= 4 is 27.9 Å². The van der Waals surface area contributed by atoms with Crippen LogP contribution in [-0.4, -0.2) is 50.0 Å². The number of nitrogens with one attached hydrogen (secondary N) is 1. The molecule has 7 heteroatoms. The van der Waals surface area contributed by atoms with Gasteiger partial charge in [0.1, 0.15) is 23.2 Å². The van der Waals surface area contributed by atoms with Crippen molar-refractivity contribution in [1.29, 1.82) is 5.26 Å². The molecular formula is C27H29N3O4. The van der Waals surface area contributed by atoms with Crippen LogP contribution >= 0.6 is 0 Å². The fraction of sp³-hybridized carbons (Fsp3) is 0.333. The number of anilines is 1. The van der Waals surface area contributed by atoms with Gasteiger partial charge in [-0.05, 0) is 54.4 Å². The molecule has 7 nitrogen and oxygen atoms in total. The van der Waals surface area contributed by atoms with Crippen molar-refractivity contribution in [3.05, 3.63) is 59.9 Å². The Bertz CT molecular complexity index is 1250. The lowest BCUT2D eigenvalue weighted by molar-refractivity contribution is -0.117. The van der Waals surface area contributed by atoms with E-state index in [4.69, 9.17) is 9.15 Å². The molecule has 0 saturated carbocycles. The first kappa shape index (κ1) is 23.6. The molecule has 1 fully saturated rings. The number of benzene rings is 2. The molecule has 0 bridgehead atoms. The summed E-state index contributed by atoms with van der Waals surface area (Å²) >= 11 is 0. The van der Waals surface area contributed by atoms with E-state index in [2.05, 4.69) is 40.5 Å². The Kier molecular flexibility index (Phi) is 7.31. The van der Waals surface area contributed by atoms with Gasteiger partial charge in [-0.2, -0.15) is 5.26 Å². The topological polar surface area (TPSA) is 98.7 Å². The molecule has 1 aromatic heterocycles. The van der Waals surface area contributed by atoms with Crippen molar-refractivity contribution in [3.8, 4) is 17.4 Å². The largest absolute Gasteiger partial charge is 0.456 e. The molecule has 1 saturated heterocycles. The molecule has 0 aliphatic carbocycles. The normalized spacial score (nSPS) is 15.5. The van der Waals surface area contributed by atoms with E-state index in [1.165, 1.54) is 5.69 Å². The van der Waals surface area contributed by atoms with Crippen molar-refractivity contribution in [2.45, 2.75) is 26.4 Å². The maximum absolute atomic E-state index is 12.4. The van der Waals surface area contributed by atoms with Gasteiger partial charge in [-0.3, -0.25) is 4.79 Å². The molecule has 2 aromatic carbocycles. The highest BCUT2D eigenvalue weighted by Crippen LogP contribution is 2.31. The minimum Gasteiger partial charge on any atom is -0.456 e. The number of carbonyl (C=O) groups excluding carboxylic acids is 1. The van der Waals surface area contributed by atoms with Gasteiger partial charge in [-0.1, -0.05) is 25.1 Å². The Hall–Kier alpha value is -3.60. The number of furan rings is 1. The second kappa shape index (κ2) is 10.6. The zero-order valence-corrected chi connectivity index (χ0v) is 19.5. The quantitative estimate of drug-likeness (QED) is 0.407. The van der Waals surface area contributed by atoms with Crippen LogP contribution in [0.4, 0.5) is 5.69 Å². The summed E-state index contributed by atoms with van der Waals surface area (Å²) in [6.07, 6.45) is -0.121. The maximum Gasteiger partial charge on any atom is 0.262 e. The van der Waals surface area contributed by atoms with E-state index in [-0.39, 0.29) is 12.1 Å². The number of ether oxygens (including phenoxy) is 1. The third kappa shape index (κ3) is 5.14. The molecule has 1 amide bonds. The van der Waals surface area contributed by atoms with E-state index in [1.807, 2.05) is 25.1 Å². The molecule has 3 aromatic rings. The second-order valence-electron chi connectivity index (χ2n) is 8.39. The molecule has 4 rings (SSSR count). The number of allylic oxidation sites excluding steroid dienone is 1. The van der Waals surface area contributed by atoms with E-state index in [1.54, 1.807) is 13.0 Å². The van der Waals surface area contributed by atoms with Crippen molar-refractivity contribution < 1.29 is 19.1 Å². The number of hydrogen-bond donors (Lipinski definition) is 2. The standard InChI is InChI=1S/C27H29N3O4/c1-3-23(31)17-29-27(32)24(16-28)18(2)25-8-9-26(34-25)21-5-4-20-15-22(7-6-19(20)14-21)30-10-12-33-13-11-30/h4-9,14-15,23,31H,3,10-13,17H2,1-2H3,(H,29,32)/b24-18+. The van der Waals surface area contributed by atoms with E-state index < -0.39 is 12.0 Å². The van der Waals surface area contributed by atoms with Gasteiger partial charge < -0.3 is 24.5 Å². The van der Waals surface area contributed by atoms with Crippen LogP contribution in [0.25, 0.3) is 27.7 Å². The van der Waals surface area contributed by atoms with Gasteiger partial charge in [0.05, 0.1) is 19.3 Å². The van der Waals surface area contributed by atoms with Crippen LogP contribution in [0.15, 0.2) is 58.5 Å². The zero-order valence-electron chi connectivity index (χ0n) is 19.5. The SMILES string of the molecule is CCC(O)CNC(=O)/C(C#N)=C(\C)c1ccc(-c2ccc3cc(N4CCOCC4)ccc3c2)o1. The summed E-state index contributed by atoms with van der Waals surface area (Å²) in [5, 5.41) is 24.0. The number of nitriles is 1. The number of carbonyl (C=O) groups is 1. The van der Waals surface area contributed by atoms with Gasteiger partial charge in [-0.15, -0.1) is 0 Å². The van der Waals surface area contributed by atoms with Crippen LogP contribution in [0.3, 0.4) is 0 Å². The second-order valence-corrected chi connectivity index (χ2v) is 8.39. The van der Waals surface area contributed by atoms with Gasteiger partial charge in [0, 0.05) is 36.5 Å².